The van der Waals surface area contributed by atoms with Crippen LogP contribution in [0.2, 0.25) is 0 Å². The summed E-state index contributed by atoms with van der Waals surface area (Å²) in [6.07, 6.45) is 7.60. The van der Waals surface area contributed by atoms with Gasteiger partial charge < -0.3 is 11.1 Å². The topological polar surface area (TPSA) is 50.9 Å². The molecule has 0 spiro atoms. The van der Waals surface area contributed by atoms with E-state index in [1.54, 1.807) is 0 Å². The Balaban J connectivity index is 1.55. The lowest BCUT2D eigenvalue weighted by Gasteiger charge is -2.22. The van der Waals surface area contributed by atoms with Gasteiger partial charge in [-0.25, -0.2) is 0 Å². The summed E-state index contributed by atoms with van der Waals surface area (Å²) in [5.41, 5.74) is 7.28. The maximum Gasteiger partial charge on any atom is 0.122 e. The third-order valence-corrected chi connectivity index (χ3v) is 4.68. The Labute approximate surface area is 113 Å². The zero-order valence-electron chi connectivity index (χ0n) is 10.4. The van der Waals surface area contributed by atoms with Crippen LogP contribution in [0.25, 0.3) is 0 Å². The highest BCUT2D eigenvalue weighted by atomic mass is 32.1. The molecule has 2 fully saturated rings. The lowest BCUT2D eigenvalue weighted by molar-refractivity contribution is 0.348. The first-order valence-corrected chi connectivity index (χ1v) is 7.13. The first-order valence-electron chi connectivity index (χ1n) is 6.72. The molecule has 3 atom stereocenters. The fraction of sp³-hybridized carbons (Fsp3) is 0.571. The van der Waals surface area contributed by atoms with Crippen molar-refractivity contribution < 1.29 is 0 Å². The largest absolute Gasteiger partial charge is 0.388 e. The normalized spacial score (nSPS) is 29.4. The molecular formula is C14H19N3S. The van der Waals surface area contributed by atoms with Crippen molar-refractivity contribution in [1.82, 2.24) is 4.98 Å². The van der Waals surface area contributed by atoms with Gasteiger partial charge in [-0.15, -0.1) is 0 Å². The van der Waals surface area contributed by atoms with Gasteiger partial charge in [0.1, 0.15) is 4.99 Å². The molecule has 2 aliphatic rings. The van der Waals surface area contributed by atoms with Crippen molar-refractivity contribution in [3.63, 3.8) is 0 Å². The summed E-state index contributed by atoms with van der Waals surface area (Å²) in [4.78, 5) is 4.60. The highest BCUT2D eigenvalue weighted by Crippen LogP contribution is 2.48. The van der Waals surface area contributed by atoms with Crippen molar-refractivity contribution in [3.8, 4) is 0 Å². The van der Waals surface area contributed by atoms with Crippen LogP contribution in [0.5, 0.6) is 0 Å². The summed E-state index contributed by atoms with van der Waals surface area (Å²) in [6, 6.07) is 3.89. The summed E-state index contributed by atoms with van der Waals surface area (Å²) in [5.74, 6) is 2.84. The van der Waals surface area contributed by atoms with Crippen LogP contribution < -0.4 is 11.1 Å². The smallest absolute Gasteiger partial charge is 0.122 e. The molecule has 4 heteroatoms. The van der Waals surface area contributed by atoms with Gasteiger partial charge in [0.25, 0.3) is 0 Å². The maximum absolute atomic E-state index is 5.53. The Morgan fingerprint density at radius 1 is 1.39 bits per heavy atom. The monoisotopic (exact) mass is 261 g/mol. The van der Waals surface area contributed by atoms with E-state index < -0.39 is 0 Å². The first-order chi connectivity index (χ1) is 8.72. The molecule has 3 nitrogen and oxygen atoms in total. The molecule has 2 bridgehead atoms. The average molecular weight is 261 g/mol. The lowest BCUT2D eigenvalue weighted by Crippen LogP contribution is -2.20. The van der Waals surface area contributed by atoms with Gasteiger partial charge in [0, 0.05) is 6.54 Å². The number of hydrogen-bond donors (Lipinski definition) is 2. The summed E-state index contributed by atoms with van der Waals surface area (Å²) >= 11 is 4.89. The predicted molar refractivity (Wildman–Crippen MR) is 77.6 cm³/mol. The van der Waals surface area contributed by atoms with Crippen molar-refractivity contribution >= 4 is 22.9 Å². The predicted octanol–water partition coefficient (Wildman–Crippen LogP) is 2.56. The van der Waals surface area contributed by atoms with Crippen LogP contribution in [0.4, 0.5) is 5.69 Å². The van der Waals surface area contributed by atoms with Crippen molar-refractivity contribution in [2.45, 2.75) is 25.7 Å². The van der Waals surface area contributed by atoms with Crippen LogP contribution in [0, 0.1) is 17.8 Å². The lowest BCUT2D eigenvalue weighted by atomic mass is 9.89. The molecule has 18 heavy (non-hydrogen) atoms. The summed E-state index contributed by atoms with van der Waals surface area (Å²) in [6.45, 7) is 1.08. The van der Waals surface area contributed by atoms with E-state index >= 15 is 0 Å². The molecule has 1 aromatic rings. The SMILES string of the molecule is NC(=S)c1ccc(NCC2CC3CCC2C3)cn1. The van der Waals surface area contributed by atoms with Gasteiger partial charge in [0.15, 0.2) is 0 Å². The number of anilines is 1. The van der Waals surface area contributed by atoms with Gasteiger partial charge in [-0.05, 0) is 49.1 Å². The molecule has 3 N–H and O–H groups in total. The van der Waals surface area contributed by atoms with Gasteiger partial charge in [-0.2, -0.15) is 0 Å². The molecule has 0 aliphatic heterocycles. The van der Waals surface area contributed by atoms with E-state index in [9.17, 15) is 0 Å². The van der Waals surface area contributed by atoms with Crippen LogP contribution in [0.15, 0.2) is 18.3 Å². The Bertz CT molecular complexity index is 443. The molecule has 0 amide bonds. The molecule has 1 aromatic heterocycles. The number of aromatic nitrogens is 1. The number of pyridine rings is 1. The van der Waals surface area contributed by atoms with Gasteiger partial charge >= 0.3 is 0 Å². The third-order valence-electron chi connectivity index (χ3n) is 4.47. The Morgan fingerprint density at radius 3 is 2.83 bits per heavy atom. The fourth-order valence-corrected chi connectivity index (χ4v) is 3.64. The minimum absolute atomic E-state index is 0.356. The second kappa shape index (κ2) is 4.84. The van der Waals surface area contributed by atoms with E-state index in [-0.39, 0.29) is 0 Å². The van der Waals surface area contributed by atoms with Gasteiger partial charge in [0.05, 0.1) is 17.6 Å². The average Bonchev–Trinajstić information content (AvgIpc) is 2.99. The Kier molecular flexibility index (Phi) is 3.20. The number of hydrogen-bond acceptors (Lipinski definition) is 3. The van der Waals surface area contributed by atoms with Crippen LogP contribution in [-0.4, -0.2) is 16.5 Å². The fourth-order valence-electron chi connectivity index (χ4n) is 3.52. The second-order valence-electron chi connectivity index (χ2n) is 5.61. The molecule has 2 saturated carbocycles. The molecule has 0 aromatic carbocycles. The van der Waals surface area contributed by atoms with Crippen LogP contribution in [0.1, 0.15) is 31.4 Å². The van der Waals surface area contributed by atoms with Gasteiger partial charge in [0.2, 0.25) is 0 Å². The molecule has 0 radical (unpaired) electrons. The minimum Gasteiger partial charge on any atom is -0.388 e. The second-order valence-corrected chi connectivity index (χ2v) is 6.05. The van der Waals surface area contributed by atoms with Gasteiger partial charge in [-0.1, -0.05) is 18.6 Å². The zero-order valence-corrected chi connectivity index (χ0v) is 11.2. The number of nitrogens with zero attached hydrogens (tertiary/aromatic N) is 1. The summed E-state index contributed by atoms with van der Waals surface area (Å²) in [7, 11) is 0. The minimum atomic E-state index is 0.356. The standard InChI is InChI=1S/C14H19N3S/c15-14(18)13-4-3-12(8-17-13)16-7-11-6-9-1-2-10(11)5-9/h3-4,8-11,16H,1-2,5-7H2,(H2,15,18). The molecule has 2 aliphatic carbocycles. The van der Waals surface area contributed by atoms with Crippen molar-refractivity contribution in [2.75, 3.05) is 11.9 Å². The molecule has 96 valence electrons. The van der Waals surface area contributed by atoms with E-state index in [1.807, 2.05) is 18.3 Å². The Hall–Kier alpha value is -1.16. The van der Waals surface area contributed by atoms with E-state index in [2.05, 4.69) is 10.3 Å². The van der Waals surface area contributed by atoms with Crippen molar-refractivity contribution in [3.05, 3.63) is 24.0 Å². The summed E-state index contributed by atoms with van der Waals surface area (Å²) < 4.78 is 0. The first kappa shape index (κ1) is 11.9. The highest BCUT2D eigenvalue weighted by molar-refractivity contribution is 7.80. The zero-order chi connectivity index (χ0) is 12.5. The van der Waals surface area contributed by atoms with Gasteiger partial charge in [-0.3, -0.25) is 4.98 Å². The van der Waals surface area contributed by atoms with Crippen molar-refractivity contribution in [2.24, 2.45) is 23.5 Å². The number of nitrogens with one attached hydrogen (secondary N) is 1. The number of thiocarbonyl (C=S) groups is 1. The van der Waals surface area contributed by atoms with E-state index in [0.717, 1.165) is 30.0 Å². The molecule has 0 saturated heterocycles. The molecule has 3 rings (SSSR count). The van der Waals surface area contributed by atoms with E-state index in [0.29, 0.717) is 10.7 Å². The third kappa shape index (κ3) is 2.34. The molecular weight excluding hydrogens is 242 g/mol. The summed E-state index contributed by atoms with van der Waals surface area (Å²) in [5, 5.41) is 3.49. The van der Waals surface area contributed by atoms with Crippen LogP contribution in [0.3, 0.4) is 0 Å². The maximum atomic E-state index is 5.53. The van der Waals surface area contributed by atoms with Crippen LogP contribution in [-0.2, 0) is 0 Å². The Morgan fingerprint density at radius 2 is 2.28 bits per heavy atom. The quantitative estimate of drug-likeness (QED) is 0.818. The number of nitrogens with two attached hydrogens (primary N) is 1. The highest BCUT2D eigenvalue weighted by Gasteiger charge is 2.38. The van der Waals surface area contributed by atoms with E-state index in [4.69, 9.17) is 18.0 Å². The number of rotatable bonds is 4. The van der Waals surface area contributed by atoms with E-state index in [1.165, 1.54) is 25.7 Å². The van der Waals surface area contributed by atoms with Crippen LogP contribution >= 0.6 is 12.2 Å². The number of fused-ring (bicyclic) bond motifs is 2. The molecule has 1 heterocycles. The molecule has 3 unspecified atom stereocenters. The van der Waals surface area contributed by atoms with Crippen molar-refractivity contribution in [1.29, 1.82) is 0 Å².